The summed E-state index contributed by atoms with van der Waals surface area (Å²) in [6.07, 6.45) is 3.39. The quantitative estimate of drug-likeness (QED) is 0.771. The maximum atomic E-state index is 12.6. The number of likely N-dealkylation sites (tertiary alicyclic amines) is 1. The summed E-state index contributed by atoms with van der Waals surface area (Å²) in [5.74, 6) is 0.142. The highest BCUT2D eigenvalue weighted by atomic mass is 16.5. The highest BCUT2D eigenvalue weighted by Gasteiger charge is 2.51. The van der Waals surface area contributed by atoms with Crippen LogP contribution >= 0.6 is 0 Å². The first-order valence-corrected chi connectivity index (χ1v) is 7.14. The molecule has 1 amide bonds. The molecule has 2 saturated heterocycles. The second-order valence-electron chi connectivity index (χ2n) is 6.03. The van der Waals surface area contributed by atoms with Gasteiger partial charge in [-0.3, -0.25) is 4.79 Å². The zero-order chi connectivity index (χ0) is 14.0. The van der Waals surface area contributed by atoms with E-state index in [9.17, 15) is 9.59 Å². The van der Waals surface area contributed by atoms with E-state index in [1.165, 1.54) is 7.11 Å². The van der Waals surface area contributed by atoms with Crippen molar-refractivity contribution in [2.24, 2.45) is 5.92 Å². The lowest BCUT2D eigenvalue weighted by atomic mass is 9.95. The Morgan fingerprint density at radius 1 is 1.47 bits per heavy atom. The van der Waals surface area contributed by atoms with E-state index < -0.39 is 11.6 Å². The largest absolute Gasteiger partial charge is 0.467 e. The van der Waals surface area contributed by atoms with Crippen LogP contribution in [0, 0.1) is 5.92 Å². The first kappa shape index (κ1) is 14.3. The number of esters is 1. The fourth-order valence-corrected chi connectivity index (χ4v) is 3.23. The first-order valence-electron chi connectivity index (χ1n) is 7.14. The Labute approximate surface area is 114 Å². The minimum atomic E-state index is -0.431. The molecule has 0 aromatic rings. The van der Waals surface area contributed by atoms with E-state index in [4.69, 9.17) is 4.74 Å². The summed E-state index contributed by atoms with van der Waals surface area (Å²) in [6.45, 7) is 5.66. The van der Waals surface area contributed by atoms with E-state index in [1.54, 1.807) is 4.90 Å². The Balaban J connectivity index is 2.14. The lowest BCUT2D eigenvalue weighted by molar-refractivity contribution is -0.153. The van der Waals surface area contributed by atoms with Gasteiger partial charge in [-0.15, -0.1) is 0 Å². The van der Waals surface area contributed by atoms with Gasteiger partial charge in [0.15, 0.2) is 0 Å². The number of hydrogen-bond acceptors (Lipinski definition) is 4. The number of hydrogen-bond donors (Lipinski definition) is 1. The number of carbonyl (C=O) groups excluding carboxylic acids is 2. The summed E-state index contributed by atoms with van der Waals surface area (Å²) >= 11 is 0. The van der Waals surface area contributed by atoms with Gasteiger partial charge < -0.3 is 15.0 Å². The molecule has 0 saturated carbocycles. The van der Waals surface area contributed by atoms with Gasteiger partial charge in [-0.05, 0) is 38.1 Å². The van der Waals surface area contributed by atoms with Crippen molar-refractivity contribution in [3.05, 3.63) is 0 Å². The monoisotopic (exact) mass is 268 g/mol. The van der Waals surface area contributed by atoms with Crippen LogP contribution in [0.2, 0.25) is 0 Å². The predicted molar refractivity (Wildman–Crippen MR) is 71.6 cm³/mol. The predicted octanol–water partition coefficient (Wildman–Crippen LogP) is 0.929. The topological polar surface area (TPSA) is 58.6 Å². The molecule has 1 unspecified atom stereocenters. The number of ether oxygens (including phenoxy) is 1. The van der Waals surface area contributed by atoms with Gasteiger partial charge in [0.1, 0.15) is 6.04 Å². The van der Waals surface area contributed by atoms with Crippen LogP contribution in [0.3, 0.4) is 0 Å². The molecule has 0 aliphatic carbocycles. The summed E-state index contributed by atoms with van der Waals surface area (Å²) in [5, 5.41) is 3.33. The Bertz CT molecular complexity index is 362. The van der Waals surface area contributed by atoms with Gasteiger partial charge in [0.25, 0.3) is 0 Å². The Hall–Kier alpha value is -1.10. The van der Waals surface area contributed by atoms with E-state index in [0.717, 1.165) is 25.8 Å². The molecule has 5 heteroatoms. The third kappa shape index (κ3) is 2.61. The maximum absolute atomic E-state index is 12.6. The number of nitrogens with zero attached hydrogens (tertiary/aromatic N) is 1. The van der Waals surface area contributed by atoms with Crippen molar-refractivity contribution in [2.45, 2.75) is 51.1 Å². The average Bonchev–Trinajstić information content (AvgIpc) is 2.97. The summed E-state index contributed by atoms with van der Waals surface area (Å²) in [6, 6.07) is -0.431. The highest BCUT2D eigenvalue weighted by Crippen LogP contribution is 2.33. The molecule has 2 atom stereocenters. The van der Waals surface area contributed by atoms with Crippen LogP contribution in [0.1, 0.15) is 39.5 Å². The SMILES string of the molecule is COC(=O)C(CC(C)C)N1CC[C@@]2(CCCN2)C1=O. The number of amides is 1. The van der Waals surface area contributed by atoms with E-state index in [1.807, 2.05) is 0 Å². The van der Waals surface area contributed by atoms with Gasteiger partial charge in [-0.25, -0.2) is 4.79 Å². The van der Waals surface area contributed by atoms with Crippen LogP contribution < -0.4 is 5.32 Å². The van der Waals surface area contributed by atoms with E-state index in [2.05, 4.69) is 19.2 Å². The van der Waals surface area contributed by atoms with E-state index in [-0.39, 0.29) is 11.9 Å². The van der Waals surface area contributed by atoms with Gasteiger partial charge in [-0.2, -0.15) is 0 Å². The Morgan fingerprint density at radius 2 is 2.21 bits per heavy atom. The Morgan fingerprint density at radius 3 is 2.74 bits per heavy atom. The van der Waals surface area contributed by atoms with Gasteiger partial charge in [0.05, 0.1) is 12.6 Å². The van der Waals surface area contributed by atoms with Crippen LogP contribution in [-0.2, 0) is 14.3 Å². The molecule has 5 nitrogen and oxygen atoms in total. The fraction of sp³-hybridized carbons (Fsp3) is 0.857. The molecule has 2 aliphatic rings. The molecule has 108 valence electrons. The molecule has 1 N–H and O–H groups in total. The van der Waals surface area contributed by atoms with Crippen LogP contribution in [0.5, 0.6) is 0 Å². The average molecular weight is 268 g/mol. The number of methoxy groups -OCH3 is 1. The smallest absolute Gasteiger partial charge is 0.328 e. The summed E-state index contributed by atoms with van der Waals surface area (Å²) in [5.41, 5.74) is -0.400. The van der Waals surface area contributed by atoms with Crippen LogP contribution in [0.4, 0.5) is 0 Å². The van der Waals surface area contributed by atoms with Crippen molar-refractivity contribution in [1.82, 2.24) is 10.2 Å². The number of nitrogens with one attached hydrogen (secondary N) is 1. The molecule has 2 heterocycles. The number of carbonyl (C=O) groups is 2. The molecule has 2 fully saturated rings. The first-order chi connectivity index (χ1) is 9.00. The molecule has 0 aromatic carbocycles. The third-order valence-electron chi connectivity index (χ3n) is 4.24. The van der Waals surface area contributed by atoms with E-state index >= 15 is 0 Å². The summed E-state index contributed by atoms with van der Waals surface area (Å²) in [4.78, 5) is 26.3. The summed E-state index contributed by atoms with van der Waals surface area (Å²) in [7, 11) is 1.39. The summed E-state index contributed by atoms with van der Waals surface area (Å²) < 4.78 is 4.87. The second kappa shape index (κ2) is 5.49. The molecule has 0 bridgehead atoms. The molecule has 2 aliphatic heterocycles. The minimum Gasteiger partial charge on any atom is -0.467 e. The van der Waals surface area contributed by atoms with Crippen LogP contribution in [-0.4, -0.2) is 48.6 Å². The molecule has 19 heavy (non-hydrogen) atoms. The Kier molecular flexibility index (Phi) is 4.13. The second-order valence-corrected chi connectivity index (χ2v) is 6.03. The molecule has 0 radical (unpaired) electrons. The zero-order valence-corrected chi connectivity index (χ0v) is 12.1. The van der Waals surface area contributed by atoms with Crippen LogP contribution in [0.25, 0.3) is 0 Å². The van der Waals surface area contributed by atoms with Gasteiger partial charge in [0, 0.05) is 6.54 Å². The third-order valence-corrected chi connectivity index (χ3v) is 4.24. The molecular formula is C14H24N2O3. The van der Waals surface area contributed by atoms with E-state index in [0.29, 0.717) is 18.9 Å². The van der Waals surface area contributed by atoms with Crippen molar-refractivity contribution in [3.8, 4) is 0 Å². The molecule has 1 spiro atoms. The molecular weight excluding hydrogens is 244 g/mol. The zero-order valence-electron chi connectivity index (χ0n) is 12.1. The van der Waals surface area contributed by atoms with Crippen LogP contribution in [0.15, 0.2) is 0 Å². The van der Waals surface area contributed by atoms with Crippen molar-refractivity contribution in [3.63, 3.8) is 0 Å². The lowest BCUT2D eigenvalue weighted by Crippen LogP contribution is -2.52. The van der Waals surface area contributed by atoms with Crippen molar-refractivity contribution >= 4 is 11.9 Å². The molecule has 2 rings (SSSR count). The molecule has 0 aromatic heterocycles. The van der Waals surface area contributed by atoms with Gasteiger partial charge in [-0.1, -0.05) is 13.8 Å². The fourth-order valence-electron chi connectivity index (χ4n) is 3.23. The number of rotatable bonds is 4. The normalized spacial score (nSPS) is 28.4. The van der Waals surface area contributed by atoms with Crippen molar-refractivity contribution in [2.75, 3.05) is 20.2 Å². The lowest BCUT2D eigenvalue weighted by Gasteiger charge is -2.29. The van der Waals surface area contributed by atoms with Crippen molar-refractivity contribution in [1.29, 1.82) is 0 Å². The van der Waals surface area contributed by atoms with Gasteiger partial charge >= 0.3 is 5.97 Å². The van der Waals surface area contributed by atoms with Crippen molar-refractivity contribution < 1.29 is 14.3 Å². The maximum Gasteiger partial charge on any atom is 0.328 e. The highest BCUT2D eigenvalue weighted by molar-refractivity contribution is 5.92. The standard InChI is InChI=1S/C14H24N2O3/c1-10(2)9-11(12(17)19-3)16-8-6-14(13(16)18)5-4-7-15-14/h10-11,15H,4-9H2,1-3H3/t11?,14-/m0/s1. The van der Waals surface area contributed by atoms with Gasteiger partial charge in [0.2, 0.25) is 5.91 Å². The minimum absolute atomic E-state index is 0.0843.